The first kappa shape index (κ1) is 17.2. The molecule has 1 atom stereocenters. The minimum Gasteiger partial charge on any atom is -0.354 e. The maximum absolute atomic E-state index is 13.6. The Hall–Kier alpha value is -2.64. The molecule has 3 rings (SSSR count). The smallest absolute Gasteiger partial charge is 0.354 e. The lowest BCUT2D eigenvalue weighted by molar-refractivity contribution is -0.137. The molecular weight excluding hydrogens is 338 g/mol. The molecule has 2 heterocycles. The Morgan fingerprint density at radius 1 is 1.20 bits per heavy atom. The highest BCUT2D eigenvalue weighted by molar-refractivity contribution is 5.94. The summed E-state index contributed by atoms with van der Waals surface area (Å²) in [5, 5.41) is 2.74. The topological polar surface area (TPSA) is 45.2 Å². The van der Waals surface area contributed by atoms with Gasteiger partial charge in [-0.05, 0) is 30.7 Å². The minimum absolute atomic E-state index is 0.0337. The van der Waals surface area contributed by atoms with Crippen molar-refractivity contribution in [3.8, 4) is 0 Å². The summed E-state index contributed by atoms with van der Waals surface area (Å²) in [6.07, 6.45) is -3.03. The van der Waals surface area contributed by atoms with Crippen molar-refractivity contribution in [3.05, 3.63) is 59.5 Å². The Kier molecular flexibility index (Phi) is 4.61. The lowest BCUT2D eigenvalue weighted by atomic mass is 10.1. The highest BCUT2D eigenvalue weighted by Crippen LogP contribution is 2.29. The Bertz CT molecular complexity index is 761. The molecule has 25 heavy (non-hydrogen) atoms. The van der Waals surface area contributed by atoms with E-state index in [0.29, 0.717) is 25.3 Å². The third-order valence-corrected chi connectivity index (χ3v) is 4.04. The van der Waals surface area contributed by atoms with Crippen molar-refractivity contribution in [2.45, 2.75) is 18.6 Å². The van der Waals surface area contributed by atoms with Crippen LogP contribution in [0, 0.1) is 5.82 Å². The summed E-state index contributed by atoms with van der Waals surface area (Å²) < 4.78 is 51.3. The van der Waals surface area contributed by atoms with Gasteiger partial charge in [0, 0.05) is 25.3 Å². The quantitative estimate of drug-likeness (QED) is 0.862. The van der Waals surface area contributed by atoms with Crippen LogP contribution in [0.4, 0.5) is 23.4 Å². The van der Waals surface area contributed by atoms with E-state index in [1.54, 1.807) is 11.0 Å². The molecule has 1 aliphatic rings. The Labute approximate surface area is 141 Å². The maximum atomic E-state index is 13.6. The Balaban J connectivity index is 1.62. The van der Waals surface area contributed by atoms with Crippen LogP contribution < -0.4 is 10.2 Å². The van der Waals surface area contributed by atoms with Gasteiger partial charge in [0.1, 0.15) is 11.6 Å². The van der Waals surface area contributed by atoms with E-state index < -0.39 is 23.5 Å². The molecule has 0 aliphatic carbocycles. The third kappa shape index (κ3) is 3.89. The molecule has 0 bridgehead atoms. The SMILES string of the molecule is O=C(NC1CCN(c2ccc(C(F)(F)F)cn2)C1)c1ccccc1F. The number of nitrogens with one attached hydrogen (secondary N) is 1. The van der Waals surface area contributed by atoms with E-state index in [4.69, 9.17) is 0 Å². The van der Waals surface area contributed by atoms with Gasteiger partial charge in [0.05, 0.1) is 11.1 Å². The van der Waals surface area contributed by atoms with E-state index in [2.05, 4.69) is 10.3 Å². The molecule has 1 saturated heterocycles. The van der Waals surface area contributed by atoms with Crippen molar-refractivity contribution >= 4 is 11.7 Å². The molecule has 1 N–H and O–H groups in total. The molecule has 2 aromatic rings. The highest BCUT2D eigenvalue weighted by Gasteiger charge is 2.31. The average molecular weight is 353 g/mol. The molecule has 0 saturated carbocycles. The fraction of sp³-hybridized carbons (Fsp3) is 0.294. The molecule has 1 unspecified atom stereocenters. The van der Waals surface area contributed by atoms with Crippen LogP contribution in [-0.4, -0.2) is 30.0 Å². The predicted octanol–water partition coefficient (Wildman–Crippen LogP) is 3.25. The van der Waals surface area contributed by atoms with Crippen molar-refractivity contribution in [2.75, 3.05) is 18.0 Å². The van der Waals surface area contributed by atoms with Crippen LogP contribution in [0.25, 0.3) is 0 Å². The standard InChI is InChI=1S/C17H15F4N3O/c18-14-4-2-1-3-13(14)16(25)23-12-7-8-24(10-12)15-6-5-11(9-22-15)17(19,20)21/h1-6,9,12H,7-8,10H2,(H,23,25). The molecule has 1 aliphatic heterocycles. The molecule has 1 aromatic carbocycles. The number of aromatic nitrogens is 1. The maximum Gasteiger partial charge on any atom is 0.417 e. The minimum atomic E-state index is -4.42. The van der Waals surface area contributed by atoms with Gasteiger partial charge in [0.25, 0.3) is 5.91 Å². The number of amides is 1. The van der Waals surface area contributed by atoms with Crippen LogP contribution in [-0.2, 0) is 6.18 Å². The predicted molar refractivity (Wildman–Crippen MR) is 83.7 cm³/mol. The van der Waals surface area contributed by atoms with Gasteiger partial charge in [0.2, 0.25) is 0 Å². The van der Waals surface area contributed by atoms with E-state index >= 15 is 0 Å². The highest BCUT2D eigenvalue weighted by atomic mass is 19.4. The number of nitrogens with zero attached hydrogens (tertiary/aromatic N) is 2. The van der Waals surface area contributed by atoms with Crippen LogP contribution in [0.2, 0.25) is 0 Å². The lowest BCUT2D eigenvalue weighted by Gasteiger charge is -2.18. The van der Waals surface area contributed by atoms with Gasteiger partial charge in [-0.15, -0.1) is 0 Å². The summed E-state index contributed by atoms with van der Waals surface area (Å²) in [5.41, 5.74) is -0.839. The zero-order chi connectivity index (χ0) is 18.0. The monoisotopic (exact) mass is 353 g/mol. The van der Waals surface area contributed by atoms with Gasteiger partial charge in [0.15, 0.2) is 0 Å². The van der Waals surface area contributed by atoms with Crippen LogP contribution >= 0.6 is 0 Å². The summed E-state index contributed by atoms with van der Waals surface area (Å²) in [6.45, 7) is 0.944. The van der Waals surface area contributed by atoms with Crippen LogP contribution in [0.1, 0.15) is 22.3 Å². The molecule has 0 radical (unpaired) electrons. The molecule has 1 fully saturated rings. The largest absolute Gasteiger partial charge is 0.417 e. The average Bonchev–Trinajstić information content (AvgIpc) is 3.03. The number of hydrogen-bond acceptors (Lipinski definition) is 3. The molecule has 132 valence electrons. The van der Waals surface area contributed by atoms with Crippen molar-refractivity contribution in [2.24, 2.45) is 0 Å². The Morgan fingerprint density at radius 3 is 2.60 bits per heavy atom. The number of rotatable bonds is 3. The summed E-state index contributed by atoms with van der Waals surface area (Å²) in [5.74, 6) is -0.694. The van der Waals surface area contributed by atoms with E-state index in [1.165, 1.54) is 24.3 Å². The number of halogens is 4. The first-order valence-corrected chi connectivity index (χ1v) is 7.68. The van der Waals surface area contributed by atoms with E-state index in [-0.39, 0.29) is 11.6 Å². The van der Waals surface area contributed by atoms with Crippen molar-refractivity contribution in [3.63, 3.8) is 0 Å². The van der Waals surface area contributed by atoms with Crippen molar-refractivity contribution in [1.29, 1.82) is 0 Å². The van der Waals surface area contributed by atoms with Crippen molar-refractivity contribution < 1.29 is 22.4 Å². The number of alkyl halides is 3. The number of hydrogen-bond donors (Lipinski definition) is 1. The van der Waals surface area contributed by atoms with Gasteiger partial charge < -0.3 is 10.2 Å². The molecule has 0 spiro atoms. The van der Waals surface area contributed by atoms with Gasteiger partial charge in [-0.3, -0.25) is 4.79 Å². The van der Waals surface area contributed by atoms with Gasteiger partial charge in [-0.2, -0.15) is 13.2 Å². The summed E-state index contributed by atoms with van der Waals surface area (Å²) in [6, 6.07) is 7.75. The van der Waals surface area contributed by atoms with Gasteiger partial charge >= 0.3 is 6.18 Å². The number of pyridine rings is 1. The fourth-order valence-electron chi connectivity index (χ4n) is 2.74. The molecule has 8 heteroatoms. The van der Waals surface area contributed by atoms with Crippen LogP contribution in [0.3, 0.4) is 0 Å². The number of carbonyl (C=O) groups excluding carboxylic acids is 1. The summed E-state index contributed by atoms with van der Waals surface area (Å²) >= 11 is 0. The second-order valence-corrected chi connectivity index (χ2v) is 5.79. The lowest BCUT2D eigenvalue weighted by Crippen LogP contribution is -2.37. The summed E-state index contributed by atoms with van der Waals surface area (Å²) in [7, 11) is 0. The third-order valence-electron chi connectivity index (χ3n) is 4.04. The zero-order valence-corrected chi connectivity index (χ0v) is 13.1. The van der Waals surface area contributed by atoms with Crippen LogP contribution in [0.5, 0.6) is 0 Å². The normalized spacial score (nSPS) is 17.6. The molecule has 1 amide bonds. The Morgan fingerprint density at radius 2 is 1.96 bits per heavy atom. The molecular formula is C17H15F4N3O. The second-order valence-electron chi connectivity index (χ2n) is 5.79. The summed E-state index contributed by atoms with van der Waals surface area (Å²) in [4.78, 5) is 17.7. The van der Waals surface area contributed by atoms with E-state index in [0.717, 1.165) is 12.3 Å². The van der Waals surface area contributed by atoms with Gasteiger partial charge in [-0.25, -0.2) is 9.37 Å². The molecule has 4 nitrogen and oxygen atoms in total. The number of carbonyl (C=O) groups is 1. The number of benzene rings is 1. The zero-order valence-electron chi connectivity index (χ0n) is 13.1. The van der Waals surface area contributed by atoms with Gasteiger partial charge in [-0.1, -0.05) is 12.1 Å². The number of anilines is 1. The molecule has 1 aromatic heterocycles. The van der Waals surface area contributed by atoms with E-state index in [9.17, 15) is 22.4 Å². The first-order valence-electron chi connectivity index (χ1n) is 7.68. The van der Waals surface area contributed by atoms with E-state index in [1.807, 2.05) is 0 Å². The fourth-order valence-corrected chi connectivity index (χ4v) is 2.74. The second kappa shape index (κ2) is 6.70. The van der Waals surface area contributed by atoms with Crippen LogP contribution in [0.15, 0.2) is 42.6 Å². The van der Waals surface area contributed by atoms with Crippen molar-refractivity contribution in [1.82, 2.24) is 10.3 Å². The first-order chi connectivity index (χ1) is 11.8.